The molecule has 1 aromatic heterocycles. The number of rotatable bonds is 2. The van der Waals surface area contributed by atoms with Crippen LogP contribution in [0.2, 0.25) is 0 Å². The highest BCUT2D eigenvalue weighted by Gasteiger charge is 2.32. The Morgan fingerprint density at radius 3 is 2.44 bits per heavy atom. The first-order valence-electron chi connectivity index (χ1n) is 4.68. The van der Waals surface area contributed by atoms with Gasteiger partial charge in [-0.3, -0.25) is 0 Å². The van der Waals surface area contributed by atoms with Gasteiger partial charge < -0.3 is 0 Å². The fourth-order valence-electron chi connectivity index (χ4n) is 1.06. The summed E-state index contributed by atoms with van der Waals surface area (Å²) in [6.45, 7) is 5.43. The van der Waals surface area contributed by atoms with Gasteiger partial charge in [0.05, 0.1) is 5.56 Å². The highest BCUT2D eigenvalue weighted by Crippen LogP contribution is 2.28. The quantitative estimate of drug-likeness (QED) is 0.815. The number of hydrogen-bond acceptors (Lipinski definition) is 4. The fraction of sp³-hybridized carbons (Fsp3) is 0.500. The zero-order chi connectivity index (χ0) is 12.6. The Labute approximate surface area is 100 Å². The standard InChI is InChI=1S/C10H14N2O2S2/c1-10(2,3)12(4)16(13,14)9-8(7-11)5-6-15-9/h5-6H,1-4H3. The Kier molecular flexibility index (Phi) is 3.43. The number of thiophene rings is 1. The number of nitriles is 1. The van der Waals surface area contributed by atoms with E-state index in [1.54, 1.807) is 5.38 Å². The zero-order valence-electron chi connectivity index (χ0n) is 9.68. The maximum Gasteiger partial charge on any atom is 0.254 e. The van der Waals surface area contributed by atoms with Crippen LogP contribution in [0.4, 0.5) is 0 Å². The van der Waals surface area contributed by atoms with Crippen LogP contribution in [0, 0.1) is 11.3 Å². The molecule has 0 bridgehead atoms. The van der Waals surface area contributed by atoms with Gasteiger partial charge in [-0.1, -0.05) is 0 Å². The first-order chi connectivity index (χ1) is 7.21. The number of nitrogens with zero attached hydrogens (tertiary/aromatic N) is 2. The molecule has 0 unspecified atom stereocenters. The van der Waals surface area contributed by atoms with Crippen molar-refractivity contribution < 1.29 is 8.42 Å². The molecule has 0 N–H and O–H groups in total. The molecule has 6 heteroatoms. The van der Waals surface area contributed by atoms with E-state index in [-0.39, 0.29) is 9.77 Å². The largest absolute Gasteiger partial charge is 0.254 e. The van der Waals surface area contributed by atoms with Crippen LogP contribution in [-0.2, 0) is 10.0 Å². The third-order valence-electron chi connectivity index (χ3n) is 2.29. The molecule has 1 heterocycles. The lowest BCUT2D eigenvalue weighted by molar-refractivity contribution is 0.292. The van der Waals surface area contributed by atoms with Gasteiger partial charge >= 0.3 is 0 Å². The van der Waals surface area contributed by atoms with Gasteiger partial charge in [0.1, 0.15) is 6.07 Å². The van der Waals surface area contributed by atoms with Crippen LogP contribution in [-0.4, -0.2) is 25.3 Å². The Balaban J connectivity index is 3.30. The molecule has 88 valence electrons. The Hall–Kier alpha value is -0.900. The molecule has 1 aromatic rings. The summed E-state index contributed by atoms with van der Waals surface area (Å²) in [5, 5.41) is 10.4. The molecular weight excluding hydrogens is 244 g/mol. The van der Waals surface area contributed by atoms with Gasteiger partial charge in [-0.15, -0.1) is 11.3 Å². The average Bonchev–Trinajstić information content (AvgIpc) is 2.63. The minimum absolute atomic E-state index is 0.118. The normalized spacial score (nSPS) is 12.8. The van der Waals surface area contributed by atoms with E-state index in [9.17, 15) is 8.42 Å². The predicted molar refractivity (Wildman–Crippen MR) is 63.7 cm³/mol. The summed E-state index contributed by atoms with van der Waals surface area (Å²) in [6, 6.07) is 3.41. The molecule has 0 atom stereocenters. The fourth-order valence-corrected chi connectivity index (χ4v) is 3.98. The SMILES string of the molecule is CN(C(C)(C)C)S(=O)(=O)c1sccc1C#N. The Bertz CT molecular complexity index is 518. The van der Waals surface area contributed by atoms with Crippen molar-refractivity contribution in [2.24, 2.45) is 0 Å². The molecule has 0 fully saturated rings. The first kappa shape index (κ1) is 13.2. The van der Waals surface area contributed by atoms with Crippen molar-refractivity contribution in [2.45, 2.75) is 30.5 Å². The van der Waals surface area contributed by atoms with Crippen molar-refractivity contribution in [1.82, 2.24) is 4.31 Å². The van der Waals surface area contributed by atoms with Gasteiger partial charge in [0.2, 0.25) is 0 Å². The van der Waals surface area contributed by atoms with Gasteiger partial charge in [-0.05, 0) is 32.2 Å². The summed E-state index contributed by atoms with van der Waals surface area (Å²) >= 11 is 1.07. The monoisotopic (exact) mass is 258 g/mol. The summed E-state index contributed by atoms with van der Waals surface area (Å²) in [6.07, 6.45) is 0. The second-order valence-corrected chi connectivity index (χ2v) is 7.46. The molecule has 0 aliphatic rings. The van der Waals surface area contributed by atoms with Crippen LogP contribution in [0.15, 0.2) is 15.7 Å². The van der Waals surface area contributed by atoms with E-state index in [1.807, 2.05) is 26.8 Å². The van der Waals surface area contributed by atoms with Crippen LogP contribution in [0.1, 0.15) is 26.3 Å². The second kappa shape index (κ2) is 4.17. The van der Waals surface area contributed by atoms with E-state index in [2.05, 4.69) is 0 Å². The zero-order valence-corrected chi connectivity index (χ0v) is 11.3. The molecule has 0 saturated heterocycles. The summed E-state index contributed by atoms with van der Waals surface area (Å²) < 4.78 is 25.8. The van der Waals surface area contributed by atoms with Crippen LogP contribution >= 0.6 is 11.3 Å². The van der Waals surface area contributed by atoms with E-state index >= 15 is 0 Å². The van der Waals surface area contributed by atoms with Crippen LogP contribution in [0.25, 0.3) is 0 Å². The Morgan fingerprint density at radius 1 is 1.44 bits per heavy atom. The molecule has 4 nitrogen and oxygen atoms in total. The lowest BCUT2D eigenvalue weighted by atomic mass is 10.1. The summed E-state index contributed by atoms with van der Waals surface area (Å²) in [4.78, 5) is 0. The first-order valence-corrected chi connectivity index (χ1v) is 7.00. The van der Waals surface area contributed by atoms with Crippen LogP contribution < -0.4 is 0 Å². The van der Waals surface area contributed by atoms with Gasteiger partial charge in [0.15, 0.2) is 4.21 Å². The summed E-state index contributed by atoms with van der Waals surface area (Å²) in [5.41, 5.74) is -0.295. The molecule has 0 aliphatic carbocycles. The molecule has 0 amide bonds. The van der Waals surface area contributed by atoms with E-state index in [1.165, 1.54) is 17.4 Å². The lowest BCUT2D eigenvalue weighted by Gasteiger charge is -2.30. The van der Waals surface area contributed by atoms with E-state index < -0.39 is 15.6 Å². The summed E-state index contributed by atoms with van der Waals surface area (Å²) in [5.74, 6) is 0. The van der Waals surface area contributed by atoms with Gasteiger partial charge in [-0.2, -0.15) is 9.57 Å². The van der Waals surface area contributed by atoms with Gasteiger partial charge in [-0.25, -0.2) is 8.42 Å². The topological polar surface area (TPSA) is 61.2 Å². The molecule has 16 heavy (non-hydrogen) atoms. The van der Waals surface area contributed by atoms with Gasteiger partial charge in [0.25, 0.3) is 10.0 Å². The van der Waals surface area contributed by atoms with Crippen molar-refractivity contribution in [2.75, 3.05) is 7.05 Å². The highest BCUT2D eigenvalue weighted by molar-refractivity contribution is 7.91. The molecule has 1 rings (SSSR count). The second-order valence-electron chi connectivity index (χ2n) is 4.38. The van der Waals surface area contributed by atoms with Crippen molar-refractivity contribution in [3.8, 4) is 6.07 Å². The number of hydrogen-bond donors (Lipinski definition) is 0. The highest BCUT2D eigenvalue weighted by atomic mass is 32.2. The van der Waals surface area contributed by atoms with E-state index in [0.29, 0.717) is 0 Å². The average molecular weight is 258 g/mol. The van der Waals surface area contributed by atoms with E-state index in [0.717, 1.165) is 11.3 Å². The third-order valence-corrected chi connectivity index (χ3v) is 5.87. The van der Waals surface area contributed by atoms with E-state index in [4.69, 9.17) is 5.26 Å². The van der Waals surface area contributed by atoms with Crippen molar-refractivity contribution in [3.05, 3.63) is 17.0 Å². The Morgan fingerprint density at radius 2 is 2.00 bits per heavy atom. The maximum atomic E-state index is 12.2. The molecule has 0 aromatic carbocycles. The third kappa shape index (κ3) is 2.26. The van der Waals surface area contributed by atoms with Crippen LogP contribution in [0.5, 0.6) is 0 Å². The minimum Gasteiger partial charge on any atom is -0.206 e. The molecule has 0 aliphatic heterocycles. The predicted octanol–water partition coefficient (Wildman–Crippen LogP) is 2.04. The lowest BCUT2D eigenvalue weighted by Crippen LogP contribution is -2.42. The molecular formula is C10H14N2O2S2. The maximum absolute atomic E-state index is 12.2. The molecule has 0 radical (unpaired) electrons. The van der Waals surface area contributed by atoms with Crippen molar-refractivity contribution >= 4 is 21.4 Å². The minimum atomic E-state index is -3.57. The molecule has 0 spiro atoms. The van der Waals surface area contributed by atoms with Gasteiger partial charge in [0, 0.05) is 12.6 Å². The van der Waals surface area contributed by atoms with Crippen molar-refractivity contribution in [1.29, 1.82) is 5.26 Å². The summed E-state index contributed by atoms with van der Waals surface area (Å²) in [7, 11) is -2.04. The van der Waals surface area contributed by atoms with Crippen molar-refractivity contribution in [3.63, 3.8) is 0 Å². The number of sulfonamides is 1. The smallest absolute Gasteiger partial charge is 0.206 e. The molecule has 0 saturated carbocycles. The van der Waals surface area contributed by atoms with Crippen LogP contribution in [0.3, 0.4) is 0 Å².